The topological polar surface area (TPSA) is 79.1 Å². The van der Waals surface area contributed by atoms with Crippen molar-refractivity contribution in [2.24, 2.45) is 0 Å². The molecule has 3 rings (SSSR count). The third-order valence-corrected chi connectivity index (χ3v) is 3.07. The van der Waals surface area contributed by atoms with Crippen LogP contribution in [-0.2, 0) is 0 Å². The first-order chi connectivity index (χ1) is 8.63. The largest absolute Gasteiger partial charge is 0.476 e. The number of halogens is 1. The van der Waals surface area contributed by atoms with E-state index in [1.165, 1.54) is 6.07 Å². The Hall–Kier alpha value is -2.08. The fraction of sp³-hybridized carbons (Fsp3) is 0. The molecule has 0 amide bonds. The predicted octanol–water partition coefficient (Wildman–Crippen LogP) is 3.28. The second-order valence-corrected chi connectivity index (χ2v) is 4.71. The minimum atomic E-state index is -1.11. The second-order valence-electron chi connectivity index (χ2n) is 3.80. The van der Waals surface area contributed by atoms with Crippen molar-refractivity contribution in [3.63, 3.8) is 0 Å². The zero-order valence-electron chi connectivity index (χ0n) is 8.98. The minimum absolute atomic E-state index is 0.107. The first-order valence-corrected chi connectivity index (χ1v) is 5.91. The molecule has 2 N–H and O–H groups in total. The lowest BCUT2D eigenvalue weighted by molar-refractivity contribution is 0.0686. The smallest absolute Gasteiger partial charge is 0.358 e. The zero-order valence-corrected chi connectivity index (χ0v) is 10.6. The van der Waals surface area contributed by atoms with Crippen molar-refractivity contribution in [1.82, 2.24) is 10.1 Å². The van der Waals surface area contributed by atoms with Crippen molar-refractivity contribution in [1.29, 1.82) is 0 Å². The molecule has 0 bridgehead atoms. The number of aromatic carboxylic acids is 1. The van der Waals surface area contributed by atoms with Gasteiger partial charge in [0.1, 0.15) is 0 Å². The number of nitrogens with zero attached hydrogens (tertiary/aromatic N) is 1. The Labute approximate surface area is 110 Å². The van der Waals surface area contributed by atoms with Gasteiger partial charge in [-0.3, -0.25) is 0 Å². The molecule has 1 aromatic carbocycles. The lowest BCUT2D eigenvalue weighted by Crippen LogP contribution is -1.94. The normalized spacial score (nSPS) is 10.9. The van der Waals surface area contributed by atoms with Crippen molar-refractivity contribution >= 4 is 32.8 Å². The molecule has 6 heteroatoms. The highest BCUT2D eigenvalue weighted by Crippen LogP contribution is 2.26. The van der Waals surface area contributed by atoms with Crippen LogP contribution in [0.1, 0.15) is 10.5 Å². The zero-order chi connectivity index (χ0) is 12.7. The highest BCUT2D eigenvalue weighted by atomic mass is 79.9. The van der Waals surface area contributed by atoms with Crippen molar-refractivity contribution < 1.29 is 14.4 Å². The number of carboxylic acids is 1. The monoisotopic (exact) mass is 306 g/mol. The van der Waals surface area contributed by atoms with Crippen LogP contribution in [0.3, 0.4) is 0 Å². The van der Waals surface area contributed by atoms with E-state index in [2.05, 4.69) is 26.1 Å². The van der Waals surface area contributed by atoms with Crippen LogP contribution >= 0.6 is 15.9 Å². The number of benzene rings is 1. The van der Waals surface area contributed by atoms with Crippen molar-refractivity contribution in [2.75, 3.05) is 0 Å². The minimum Gasteiger partial charge on any atom is -0.476 e. The molecule has 90 valence electrons. The molecular weight excluding hydrogens is 300 g/mol. The van der Waals surface area contributed by atoms with E-state index in [1.807, 2.05) is 24.3 Å². The summed E-state index contributed by atoms with van der Waals surface area (Å²) in [7, 11) is 0. The molecule has 0 spiro atoms. The van der Waals surface area contributed by atoms with Crippen molar-refractivity contribution in [3.05, 3.63) is 40.5 Å². The Balaban J connectivity index is 2.10. The van der Waals surface area contributed by atoms with Gasteiger partial charge in [0.05, 0.1) is 5.69 Å². The van der Waals surface area contributed by atoms with E-state index in [9.17, 15) is 4.79 Å². The van der Waals surface area contributed by atoms with E-state index in [0.717, 1.165) is 15.4 Å². The number of carbonyl (C=O) groups is 1. The molecule has 0 aliphatic carbocycles. The Morgan fingerprint density at radius 3 is 2.89 bits per heavy atom. The first kappa shape index (κ1) is 11.0. The van der Waals surface area contributed by atoms with Crippen LogP contribution in [-0.4, -0.2) is 21.2 Å². The number of aromatic nitrogens is 2. The SMILES string of the molecule is O=C(O)c1cc(-c2cc3ccc(Br)cc3[nH]2)on1. The molecule has 2 aromatic heterocycles. The molecule has 0 atom stereocenters. The highest BCUT2D eigenvalue weighted by molar-refractivity contribution is 9.10. The average Bonchev–Trinajstić information content (AvgIpc) is 2.93. The molecule has 0 unspecified atom stereocenters. The van der Waals surface area contributed by atoms with Gasteiger partial charge in [0.15, 0.2) is 11.5 Å². The summed E-state index contributed by atoms with van der Waals surface area (Å²) in [6, 6.07) is 9.10. The van der Waals surface area contributed by atoms with Gasteiger partial charge in [0, 0.05) is 21.4 Å². The average molecular weight is 307 g/mol. The Morgan fingerprint density at radius 2 is 2.17 bits per heavy atom. The molecule has 0 saturated heterocycles. The van der Waals surface area contributed by atoms with Crippen LogP contribution < -0.4 is 0 Å². The summed E-state index contributed by atoms with van der Waals surface area (Å²) < 4.78 is 5.96. The lowest BCUT2D eigenvalue weighted by atomic mass is 10.2. The maximum absolute atomic E-state index is 10.7. The van der Waals surface area contributed by atoms with Gasteiger partial charge < -0.3 is 14.6 Å². The van der Waals surface area contributed by atoms with Crippen LogP contribution in [0, 0.1) is 0 Å². The molecule has 0 fully saturated rings. The van der Waals surface area contributed by atoms with Crippen LogP contribution in [0.5, 0.6) is 0 Å². The number of carboxylic acid groups (broad SMARTS) is 1. The Bertz CT molecular complexity index is 745. The Morgan fingerprint density at radius 1 is 1.33 bits per heavy atom. The fourth-order valence-electron chi connectivity index (χ4n) is 1.73. The highest BCUT2D eigenvalue weighted by Gasteiger charge is 2.13. The molecule has 0 aliphatic heterocycles. The number of aromatic amines is 1. The van der Waals surface area contributed by atoms with Gasteiger partial charge >= 0.3 is 5.97 Å². The quantitative estimate of drug-likeness (QED) is 0.761. The summed E-state index contributed by atoms with van der Waals surface area (Å²) in [5, 5.41) is 13.3. The number of H-pyrrole nitrogens is 1. The summed E-state index contributed by atoms with van der Waals surface area (Å²) in [4.78, 5) is 13.9. The molecule has 2 heterocycles. The van der Waals surface area contributed by atoms with Gasteiger partial charge in [-0.2, -0.15) is 0 Å². The maximum Gasteiger partial charge on any atom is 0.358 e. The molecular formula is C12H7BrN2O3. The lowest BCUT2D eigenvalue weighted by Gasteiger charge is -1.89. The van der Waals surface area contributed by atoms with Crippen molar-refractivity contribution in [3.8, 4) is 11.5 Å². The summed E-state index contributed by atoms with van der Waals surface area (Å²) in [6.45, 7) is 0. The Kier molecular flexibility index (Phi) is 2.45. The van der Waals surface area contributed by atoms with Crippen LogP contribution in [0.4, 0.5) is 0 Å². The van der Waals surface area contributed by atoms with E-state index in [-0.39, 0.29) is 5.69 Å². The van der Waals surface area contributed by atoms with E-state index in [0.29, 0.717) is 11.5 Å². The van der Waals surface area contributed by atoms with E-state index in [4.69, 9.17) is 9.63 Å². The number of fused-ring (bicyclic) bond motifs is 1. The van der Waals surface area contributed by atoms with Gasteiger partial charge in [0.2, 0.25) is 0 Å². The number of nitrogens with one attached hydrogen (secondary N) is 1. The van der Waals surface area contributed by atoms with E-state index >= 15 is 0 Å². The molecule has 3 aromatic rings. The van der Waals surface area contributed by atoms with Gasteiger partial charge in [-0.25, -0.2) is 4.79 Å². The molecule has 5 nitrogen and oxygen atoms in total. The maximum atomic E-state index is 10.7. The second kappa shape index (κ2) is 3.99. The summed E-state index contributed by atoms with van der Waals surface area (Å²) in [5.74, 6) is -0.705. The first-order valence-electron chi connectivity index (χ1n) is 5.12. The van der Waals surface area contributed by atoms with Gasteiger partial charge in [-0.1, -0.05) is 27.2 Å². The van der Waals surface area contributed by atoms with Crippen LogP contribution in [0.25, 0.3) is 22.4 Å². The van der Waals surface area contributed by atoms with Gasteiger partial charge in [-0.05, 0) is 18.2 Å². The van der Waals surface area contributed by atoms with E-state index < -0.39 is 5.97 Å². The number of hydrogen-bond donors (Lipinski definition) is 2. The number of hydrogen-bond acceptors (Lipinski definition) is 3. The van der Waals surface area contributed by atoms with Gasteiger partial charge in [0.25, 0.3) is 0 Å². The van der Waals surface area contributed by atoms with Crippen molar-refractivity contribution in [2.45, 2.75) is 0 Å². The molecule has 18 heavy (non-hydrogen) atoms. The van der Waals surface area contributed by atoms with Crippen LogP contribution in [0.2, 0.25) is 0 Å². The third-order valence-electron chi connectivity index (χ3n) is 2.58. The third kappa shape index (κ3) is 1.80. The standard InChI is InChI=1S/C12H7BrN2O3/c13-7-2-1-6-3-9(14-8(6)4-7)11-5-10(12(16)17)15-18-11/h1-5,14H,(H,16,17). The molecule has 0 saturated carbocycles. The summed E-state index contributed by atoms with van der Waals surface area (Å²) in [5.41, 5.74) is 1.53. The van der Waals surface area contributed by atoms with Crippen LogP contribution in [0.15, 0.2) is 39.3 Å². The fourth-order valence-corrected chi connectivity index (χ4v) is 2.10. The van der Waals surface area contributed by atoms with E-state index in [1.54, 1.807) is 0 Å². The molecule has 0 aliphatic rings. The summed E-state index contributed by atoms with van der Waals surface area (Å²) >= 11 is 3.39. The van der Waals surface area contributed by atoms with Gasteiger partial charge in [-0.15, -0.1) is 0 Å². The summed E-state index contributed by atoms with van der Waals surface area (Å²) in [6.07, 6.45) is 0. The molecule has 0 radical (unpaired) electrons. The number of rotatable bonds is 2. The predicted molar refractivity (Wildman–Crippen MR) is 68.5 cm³/mol.